The fraction of sp³-hybridized carbons (Fsp3) is 0.267. The first kappa shape index (κ1) is 17.0. The normalized spacial score (nSPS) is 11.3. The Bertz CT molecular complexity index is 758. The number of carboxylic acid groups (broad SMARTS) is 1. The van der Waals surface area contributed by atoms with Crippen LogP contribution in [-0.4, -0.2) is 33.0 Å². The molecule has 0 saturated heterocycles. The lowest BCUT2D eigenvalue weighted by Gasteiger charge is -2.19. The zero-order chi connectivity index (χ0) is 17.2. The molecule has 1 amide bonds. The third-order valence-electron chi connectivity index (χ3n) is 3.35. The minimum Gasteiger partial charge on any atom is -0.479 e. The summed E-state index contributed by atoms with van der Waals surface area (Å²) in [7, 11) is 0. The summed E-state index contributed by atoms with van der Waals surface area (Å²) >= 11 is 1.21. The average molecular weight is 337 g/mol. The van der Waals surface area contributed by atoms with Gasteiger partial charge < -0.3 is 10.4 Å². The van der Waals surface area contributed by atoms with E-state index in [9.17, 15) is 14.0 Å². The van der Waals surface area contributed by atoms with Crippen molar-refractivity contribution in [2.24, 2.45) is 0 Å². The molecule has 0 aliphatic carbocycles. The van der Waals surface area contributed by atoms with Gasteiger partial charge in [0.2, 0.25) is 0 Å². The van der Waals surface area contributed by atoms with Crippen LogP contribution in [0.5, 0.6) is 0 Å². The number of nitrogens with zero attached hydrogens (tertiary/aromatic N) is 2. The Balaban J connectivity index is 2.18. The van der Waals surface area contributed by atoms with Crippen LogP contribution >= 0.6 is 11.8 Å². The summed E-state index contributed by atoms with van der Waals surface area (Å²) in [4.78, 5) is 23.8. The van der Waals surface area contributed by atoms with Gasteiger partial charge in [0.25, 0.3) is 5.91 Å². The van der Waals surface area contributed by atoms with Gasteiger partial charge in [-0.3, -0.25) is 9.48 Å². The molecule has 0 bridgehead atoms. The number of aromatic nitrogens is 2. The van der Waals surface area contributed by atoms with Crippen molar-refractivity contribution in [2.45, 2.75) is 24.3 Å². The van der Waals surface area contributed by atoms with Crippen LogP contribution < -0.4 is 5.32 Å². The maximum Gasteiger partial charge on any atom is 0.331 e. The Morgan fingerprint density at radius 3 is 2.70 bits per heavy atom. The molecule has 0 fully saturated rings. The molecule has 0 aliphatic rings. The number of hydrogen-bond donors (Lipinski definition) is 2. The maximum absolute atomic E-state index is 13.4. The zero-order valence-electron chi connectivity index (χ0n) is 12.8. The number of thioether (sulfide) groups is 1. The van der Waals surface area contributed by atoms with E-state index in [1.807, 2.05) is 0 Å². The number of benzene rings is 1. The summed E-state index contributed by atoms with van der Waals surface area (Å²) in [6.07, 6.45) is 4.52. The Morgan fingerprint density at radius 1 is 1.39 bits per heavy atom. The van der Waals surface area contributed by atoms with Gasteiger partial charge in [-0.15, -0.1) is 11.8 Å². The SMILES string of the molecule is CSc1cc(C(=O)Nc2cnn(C(C)(C)C(=O)O)c2)ccc1F. The molecule has 0 saturated carbocycles. The molecular formula is C15H16FN3O3S. The third kappa shape index (κ3) is 3.53. The van der Waals surface area contributed by atoms with Crippen molar-refractivity contribution < 1.29 is 19.1 Å². The first-order valence-corrected chi connectivity index (χ1v) is 7.91. The molecule has 6 nitrogen and oxygen atoms in total. The van der Waals surface area contributed by atoms with Gasteiger partial charge in [-0.05, 0) is 38.3 Å². The van der Waals surface area contributed by atoms with Gasteiger partial charge >= 0.3 is 5.97 Å². The molecule has 122 valence electrons. The highest BCUT2D eigenvalue weighted by atomic mass is 32.2. The number of nitrogens with one attached hydrogen (secondary N) is 1. The number of carbonyl (C=O) groups excluding carboxylic acids is 1. The number of amides is 1. The van der Waals surface area contributed by atoms with Crippen LogP contribution in [0, 0.1) is 5.82 Å². The number of rotatable bonds is 5. The second-order valence-corrected chi connectivity index (χ2v) is 6.19. The molecule has 1 heterocycles. The van der Waals surface area contributed by atoms with Crippen molar-refractivity contribution in [1.82, 2.24) is 9.78 Å². The second-order valence-electron chi connectivity index (χ2n) is 5.34. The van der Waals surface area contributed by atoms with Crippen LogP contribution in [0.1, 0.15) is 24.2 Å². The Kier molecular flexibility index (Phi) is 4.74. The number of carboxylic acids is 1. The highest BCUT2D eigenvalue weighted by Gasteiger charge is 2.30. The van der Waals surface area contributed by atoms with Crippen LogP contribution in [0.2, 0.25) is 0 Å². The predicted octanol–water partition coefficient (Wildman–Crippen LogP) is 2.82. The fourth-order valence-corrected chi connectivity index (χ4v) is 2.30. The predicted molar refractivity (Wildman–Crippen MR) is 85.3 cm³/mol. The zero-order valence-corrected chi connectivity index (χ0v) is 13.6. The topological polar surface area (TPSA) is 84.2 Å². The number of hydrogen-bond acceptors (Lipinski definition) is 4. The Morgan fingerprint density at radius 2 is 2.09 bits per heavy atom. The molecule has 0 unspecified atom stereocenters. The minimum atomic E-state index is -1.23. The summed E-state index contributed by atoms with van der Waals surface area (Å²) in [5.74, 6) is -1.85. The molecule has 0 spiro atoms. The van der Waals surface area contributed by atoms with Crippen LogP contribution in [0.15, 0.2) is 35.5 Å². The lowest BCUT2D eigenvalue weighted by atomic mass is 10.1. The number of carbonyl (C=O) groups is 2. The number of halogens is 1. The van der Waals surface area contributed by atoms with E-state index < -0.39 is 17.4 Å². The van der Waals surface area contributed by atoms with Crippen molar-refractivity contribution >= 4 is 29.3 Å². The van der Waals surface area contributed by atoms with Crippen molar-refractivity contribution in [3.8, 4) is 0 Å². The van der Waals surface area contributed by atoms with Gasteiger partial charge in [-0.2, -0.15) is 5.10 Å². The molecule has 2 N–H and O–H groups in total. The summed E-state index contributed by atoms with van der Waals surface area (Å²) in [5, 5.41) is 15.7. The van der Waals surface area contributed by atoms with Crippen molar-refractivity contribution in [1.29, 1.82) is 0 Å². The summed E-state index contributed by atoms with van der Waals surface area (Å²) in [6, 6.07) is 4.08. The molecule has 1 aromatic carbocycles. The lowest BCUT2D eigenvalue weighted by Crippen LogP contribution is -2.35. The van der Waals surface area contributed by atoms with Crippen molar-refractivity contribution in [3.63, 3.8) is 0 Å². The second kappa shape index (κ2) is 6.41. The van der Waals surface area contributed by atoms with E-state index in [0.717, 1.165) is 0 Å². The van der Waals surface area contributed by atoms with Gasteiger partial charge in [0.1, 0.15) is 5.82 Å². The van der Waals surface area contributed by atoms with Gasteiger partial charge in [-0.1, -0.05) is 0 Å². The molecular weight excluding hydrogens is 321 g/mol. The Labute approximate surface area is 136 Å². The molecule has 0 aliphatic heterocycles. The largest absolute Gasteiger partial charge is 0.479 e. The molecule has 0 atom stereocenters. The van der Waals surface area contributed by atoms with Crippen LogP contribution in [0.3, 0.4) is 0 Å². The monoisotopic (exact) mass is 337 g/mol. The summed E-state index contributed by atoms with van der Waals surface area (Å²) in [6.45, 7) is 3.00. The van der Waals surface area contributed by atoms with E-state index in [1.54, 1.807) is 6.26 Å². The van der Waals surface area contributed by atoms with Gasteiger partial charge in [0.15, 0.2) is 5.54 Å². The quantitative estimate of drug-likeness (QED) is 0.820. The smallest absolute Gasteiger partial charge is 0.331 e. The van der Waals surface area contributed by atoms with Gasteiger partial charge in [0, 0.05) is 16.7 Å². The maximum atomic E-state index is 13.4. The van der Waals surface area contributed by atoms with Crippen LogP contribution in [0.25, 0.3) is 0 Å². The van der Waals surface area contributed by atoms with Crippen molar-refractivity contribution in [3.05, 3.63) is 42.0 Å². The summed E-state index contributed by atoms with van der Waals surface area (Å²) in [5.41, 5.74) is -0.564. The van der Waals surface area contributed by atoms with E-state index in [2.05, 4.69) is 10.4 Å². The Hall–Kier alpha value is -2.35. The molecule has 2 aromatic rings. The van der Waals surface area contributed by atoms with E-state index in [0.29, 0.717) is 16.1 Å². The van der Waals surface area contributed by atoms with E-state index in [1.165, 1.54) is 60.9 Å². The number of anilines is 1. The highest BCUT2D eigenvalue weighted by molar-refractivity contribution is 7.98. The fourth-order valence-electron chi connectivity index (χ4n) is 1.80. The average Bonchev–Trinajstić information content (AvgIpc) is 2.96. The summed E-state index contributed by atoms with van der Waals surface area (Å²) < 4.78 is 14.7. The van der Waals surface area contributed by atoms with E-state index >= 15 is 0 Å². The molecule has 2 rings (SSSR count). The molecule has 23 heavy (non-hydrogen) atoms. The number of aliphatic carboxylic acids is 1. The van der Waals surface area contributed by atoms with Crippen molar-refractivity contribution in [2.75, 3.05) is 11.6 Å². The highest BCUT2D eigenvalue weighted by Crippen LogP contribution is 2.22. The van der Waals surface area contributed by atoms with E-state index in [-0.39, 0.29) is 5.82 Å². The van der Waals surface area contributed by atoms with Gasteiger partial charge in [-0.25, -0.2) is 9.18 Å². The van der Waals surface area contributed by atoms with Crippen LogP contribution in [0.4, 0.5) is 10.1 Å². The van der Waals surface area contributed by atoms with Crippen LogP contribution in [-0.2, 0) is 10.3 Å². The first-order chi connectivity index (χ1) is 10.8. The van der Waals surface area contributed by atoms with Gasteiger partial charge in [0.05, 0.1) is 11.9 Å². The van der Waals surface area contributed by atoms with E-state index in [4.69, 9.17) is 5.11 Å². The lowest BCUT2D eigenvalue weighted by molar-refractivity contribution is -0.146. The standard InChI is InChI=1S/C15H16FN3O3S/c1-15(2,14(21)22)19-8-10(7-17-19)18-13(20)9-4-5-11(16)12(6-9)23-3/h4-8H,1-3H3,(H,18,20)(H,21,22). The molecule has 0 radical (unpaired) electrons. The first-order valence-electron chi connectivity index (χ1n) is 6.69. The minimum absolute atomic E-state index is 0.306. The molecule has 8 heteroatoms. The molecule has 1 aromatic heterocycles. The third-order valence-corrected chi connectivity index (χ3v) is 4.10.